The second kappa shape index (κ2) is 4.48. The minimum atomic E-state index is 0.260. The van der Waals surface area contributed by atoms with Gasteiger partial charge >= 0.3 is 0 Å². The van der Waals surface area contributed by atoms with Crippen LogP contribution in [0, 0.1) is 3.57 Å². The van der Waals surface area contributed by atoms with Gasteiger partial charge in [-0.1, -0.05) is 0 Å². The van der Waals surface area contributed by atoms with Crippen molar-refractivity contribution in [1.29, 1.82) is 0 Å². The predicted molar refractivity (Wildman–Crippen MR) is 63.3 cm³/mol. The first kappa shape index (κ1) is 10.2. The minimum absolute atomic E-state index is 0.260. The fourth-order valence-electron chi connectivity index (χ4n) is 1.07. The highest BCUT2D eigenvalue weighted by molar-refractivity contribution is 14.1. The molecule has 1 aromatic carbocycles. The molecule has 2 rings (SSSR count). The van der Waals surface area contributed by atoms with E-state index >= 15 is 0 Å². The summed E-state index contributed by atoms with van der Waals surface area (Å²) in [5.41, 5.74) is 0. The number of ether oxygens (including phenoxy) is 1. The van der Waals surface area contributed by atoms with E-state index in [0.717, 1.165) is 3.57 Å². The molecule has 3 nitrogen and oxygen atoms in total. The number of carbonyl (C=O) groups excluding carboxylic acids is 1. The molecule has 0 radical (unpaired) electrons. The molecule has 0 bridgehead atoms. The van der Waals surface area contributed by atoms with Crippen LogP contribution in [0.2, 0.25) is 0 Å². The molecule has 0 amide bonds. The molecule has 15 heavy (non-hydrogen) atoms. The number of carbonyl (C=O) groups is 1. The predicted octanol–water partition coefficient (Wildman–Crippen LogP) is 3.49. The van der Waals surface area contributed by atoms with Gasteiger partial charge in [0.25, 0.3) is 5.95 Å². The zero-order chi connectivity index (χ0) is 10.7. The Bertz CT molecular complexity index is 459. The third kappa shape index (κ3) is 2.59. The maximum atomic E-state index is 10.4. The van der Waals surface area contributed by atoms with Gasteiger partial charge in [-0.3, -0.25) is 4.79 Å². The average molecular weight is 314 g/mol. The Kier molecular flexibility index (Phi) is 3.05. The molecule has 76 valence electrons. The summed E-state index contributed by atoms with van der Waals surface area (Å²) in [4.78, 5) is 10.4. The largest absolute Gasteiger partial charge is 0.426 e. The lowest BCUT2D eigenvalue weighted by atomic mass is 10.3. The van der Waals surface area contributed by atoms with Gasteiger partial charge in [0.2, 0.25) is 0 Å². The summed E-state index contributed by atoms with van der Waals surface area (Å²) in [6.45, 7) is 0. The van der Waals surface area contributed by atoms with Crippen LogP contribution in [0.25, 0.3) is 0 Å². The summed E-state index contributed by atoms with van der Waals surface area (Å²) in [5, 5.41) is 0. The Balaban J connectivity index is 2.14. The van der Waals surface area contributed by atoms with E-state index in [4.69, 9.17) is 9.15 Å². The number of hydrogen-bond donors (Lipinski definition) is 0. The molecule has 0 saturated carbocycles. The quantitative estimate of drug-likeness (QED) is 0.643. The second-order valence-corrected chi connectivity index (χ2v) is 4.08. The second-order valence-electron chi connectivity index (χ2n) is 2.83. The van der Waals surface area contributed by atoms with E-state index in [-0.39, 0.29) is 5.76 Å². The van der Waals surface area contributed by atoms with Crippen LogP contribution in [-0.4, -0.2) is 6.29 Å². The molecule has 0 fully saturated rings. The van der Waals surface area contributed by atoms with Gasteiger partial charge in [0.15, 0.2) is 12.0 Å². The lowest BCUT2D eigenvalue weighted by Crippen LogP contribution is -1.81. The fourth-order valence-corrected chi connectivity index (χ4v) is 1.43. The Morgan fingerprint density at radius 2 is 1.87 bits per heavy atom. The molecular formula is C11H7IO3. The standard InChI is InChI=1S/C11H7IO3/c12-8-1-3-9(4-2-8)14-11-6-5-10(7-13)15-11/h1-7H. The summed E-state index contributed by atoms with van der Waals surface area (Å²) in [6.07, 6.45) is 0.640. The third-order valence-corrected chi connectivity index (χ3v) is 2.47. The van der Waals surface area contributed by atoms with Crippen LogP contribution in [0.4, 0.5) is 0 Å². The Hall–Kier alpha value is -1.30. The first-order chi connectivity index (χ1) is 7.28. The highest BCUT2D eigenvalue weighted by Gasteiger charge is 2.02. The highest BCUT2D eigenvalue weighted by Crippen LogP contribution is 2.23. The van der Waals surface area contributed by atoms with Crippen molar-refractivity contribution in [3.8, 4) is 11.7 Å². The zero-order valence-electron chi connectivity index (χ0n) is 7.64. The number of benzene rings is 1. The normalized spacial score (nSPS) is 9.93. The van der Waals surface area contributed by atoms with E-state index in [2.05, 4.69) is 22.6 Å². The number of hydrogen-bond acceptors (Lipinski definition) is 3. The van der Waals surface area contributed by atoms with E-state index in [1.165, 1.54) is 0 Å². The third-order valence-electron chi connectivity index (χ3n) is 1.75. The van der Waals surface area contributed by atoms with Crippen LogP contribution in [0.3, 0.4) is 0 Å². The minimum Gasteiger partial charge on any atom is -0.426 e. The van der Waals surface area contributed by atoms with Gasteiger partial charge in [0.05, 0.1) is 0 Å². The molecule has 4 heteroatoms. The van der Waals surface area contributed by atoms with Gasteiger partial charge in [-0.25, -0.2) is 0 Å². The molecule has 0 aliphatic carbocycles. The van der Waals surface area contributed by atoms with Crippen molar-refractivity contribution >= 4 is 28.9 Å². The van der Waals surface area contributed by atoms with Crippen molar-refractivity contribution in [2.24, 2.45) is 0 Å². The van der Waals surface area contributed by atoms with Crippen LogP contribution < -0.4 is 4.74 Å². The molecule has 1 heterocycles. The number of furan rings is 1. The molecule has 0 atom stereocenters. The van der Waals surface area contributed by atoms with Crippen LogP contribution in [0.5, 0.6) is 11.7 Å². The molecule has 0 spiro atoms. The van der Waals surface area contributed by atoms with Crippen molar-refractivity contribution in [3.05, 3.63) is 45.7 Å². The topological polar surface area (TPSA) is 39.4 Å². The first-order valence-electron chi connectivity index (χ1n) is 4.26. The highest BCUT2D eigenvalue weighted by atomic mass is 127. The summed E-state index contributed by atoms with van der Waals surface area (Å²) >= 11 is 2.21. The first-order valence-corrected chi connectivity index (χ1v) is 5.34. The lowest BCUT2D eigenvalue weighted by Gasteiger charge is -2.00. The van der Waals surface area contributed by atoms with Crippen molar-refractivity contribution in [2.75, 3.05) is 0 Å². The molecule has 0 aliphatic rings. The smallest absolute Gasteiger partial charge is 0.290 e. The van der Waals surface area contributed by atoms with Gasteiger partial charge in [-0.2, -0.15) is 0 Å². The molecule has 0 N–H and O–H groups in total. The van der Waals surface area contributed by atoms with E-state index in [1.54, 1.807) is 12.1 Å². The van der Waals surface area contributed by atoms with Gasteiger partial charge < -0.3 is 9.15 Å². The Morgan fingerprint density at radius 1 is 1.13 bits per heavy atom. The summed E-state index contributed by atoms with van der Waals surface area (Å²) < 4.78 is 11.6. The number of rotatable bonds is 3. The van der Waals surface area contributed by atoms with Gasteiger partial charge in [-0.05, 0) is 52.9 Å². The van der Waals surface area contributed by atoms with E-state index < -0.39 is 0 Å². The lowest BCUT2D eigenvalue weighted by molar-refractivity contribution is 0.109. The fraction of sp³-hybridized carbons (Fsp3) is 0. The van der Waals surface area contributed by atoms with Crippen LogP contribution in [0.1, 0.15) is 10.6 Å². The SMILES string of the molecule is O=Cc1ccc(Oc2ccc(I)cc2)o1. The molecule has 0 aliphatic heterocycles. The molecule has 2 aromatic rings. The zero-order valence-corrected chi connectivity index (χ0v) is 9.80. The van der Waals surface area contributed by atoms with Crippen molar-refractivity contribution in [3.63, 3.8) is 0 Å². The van der Waals surface area contributed by atoms with E-state index in [1.807, 2.05) is 24.3 Å². The summed E-state index contributed by atoms with van der Waals surface area (Å²) in [6, 6.07) is 10.7. The molecule has 1 aromatic heterocycles. The average Bonchev–Trinajstić information content (AvgIpc) is 2.69. The maximum Gasteiger partial charge on any atom is 0.290 e. The van der Waals surface area contributed by atoms with Crippen molar-refractivity contribution in [2.45, 2.75) is 0 Å². The van der Waals surface area contributed by atoms with E-state index in [0.29, 0.717) is 18.0 Å². The summed E-state index contributed by atoms with van der Waals surface area (Å²) in [7, 11) is 0. The monoisotopic (exact) mass is 314 g/mol. The van der Waals surface area contributed by atoms with Crippen LogP contribution >= 0.6 is 22.6 Å². The summed E-state index contributed by atoms with van der Waals surface area (Å²) in [5.74, 6) is 1.26. The van der Waals surface area contributed by atoms with Gasteiger partial charge in [0.1, 0.15) is 5.75 Å². The Labute approximate surface area is 100 Å². The van der Waals surface area contributed by atoms with Crippen molar-refractivity contribution < 1.29 is 13.9 Å². The number of halogens is 1. The van der Waals surface area contributed by atoms with Crippen LogP contribution in [-0.2, 0) is 0 Å². The van der Waals surface area contributed by atoms with Crippen molar-refractivity contribution in [1.82, 2.24) is 0 Å². The molecule has 0 saturated heterocycles. The van der Waals surface area contributed by atoms with Crippen LogP contribution in [0.15, 0.2) is 40.8 Å². The maximum absolute atomic E-state index is 10.4. The molecular weight excluding hydrogens is 307 g/mol. The van der Waals surface area contributed by atoms with E-state index in [9.17, 15) is 4.79 Å². The van der Waals surface area contributed by atoms with Gasteiger partial charge in [0, 0.05) is 9.64 Å². The number of aldehydes is 1. The van der Waals surface area contributed by atoms with Gasteiger partial charge in [-0.15, -0.1) is 0 Å². The Morgan fingerprint density at radius 3 is 2.47 bits per heavy atom. The molecule has 0 unspecified atom stereocenters.